The van der Waals surface area contributed by atoms with Crippen molar-refractivity contribution in [3.05, 3.63) is 89.1 Å². The summed E-state index contributed by atoms with van der Waals surface area (Å²) < 4.78 is 42.7. The number of imide groups is 2. The molecule has 1 aliphatic carbocycles. The lowest BCUT2D eigenvalue weighted by atomic mass is 9.86. The molecule has 21 heteroatoms. The Morgan fingerprint density at radius 3 is 2.57 bits per heavy atom. The number of nitrogens with zero attached hydrogens (tertiary/aromatic N) is 8. The average molecular weight is 895 g/mol. The Bertz CT molecular complexity index is 2590. The summed E-state index contributed by atoms with van der Waals surface area (Å²) in [7, 11) is 0. The molecule has 340 valence electrons. The number of benzene rings is 1. The van der Waals surface area contributed by atoms with E-state index in [2.05, 4.69) is 46.3 Å². The molecule has 0 bridgehead atoms. The summed E-state index contributed by atoms with van der Waals surface area (Å²) in [6.07, 6.45) is 7.45. The fourth-order valence-corrected chi connectivity index (χ4v) is 8.80. The quantitative estimate of drug-likeness (QED) is 0.0809. The Morgan fingerprint density at radius 1 is 0.969 bits per heavy atom. The monoisotopic (exact) mass is 894 g/mol. The van der Waals surface area contributed by atoms with E-state index in [-0.39, 0.29) is 41.3 Å². The van der Waals surface area contributed by atoms with Gasteiger partial charge in [0.05, 0.1) is 48.9 Å². The second-order valence-corrected chi connectivity index (χ2v) is 16.5. The van der Waals surface area contributed by atoms with Crippen molar-refractivity contribution >= 4 is 52.4 Å². The zero-order valence-electron chi connectivity index (χ0n) is 35.4. The van der Waals surface area contributed by atoms with Gasteiger partial charge in [-0.3, -0.25) is 38.9 Å². The van der Waals surface area contributed by atoms with E-state index < -0.39 is 47.7 Å². The number of amides is 5. The average Bonchev–Trinajstić information content (AvgIpc) is 4.01. The number of hydrogen-bond acceptors (Lipinski definition) is 14. The van der Waals surface area contributed by atoms with Crippen molar-refractivity contribution in [3.8, 4) is 5.88 Å². The van der Waals surface area contributed by atoms with Crippen molar-refractivity contribution in [1.29, 1.82) is 0 Å². The number of rotatable bonds is 16. The summed E-state index contributed by atoms with van der Waals surface area (Å²) in [4.78, 5) is 76.0. The first-order valence-corrected chi connectivity index (χ1v) is 21.8. The van der Waals surface area contributed by atoms with Gasteiger partial charge in [0, 0.05) is 62.9 Å². The van der Waals surface area contributed by atoms with Gasteiger partial charge >= 0.3 is 0 Å². The van der Waals surface area contributed by atoms with Crippen molar-refractivity contribution in [1.82, 2.24) is 44.9 Å². The Labute approximate surface area is 371 Å². The van der Waals surface area contributed by atoms with Crippen LogP contribution in [0.25, 0.3) is 5.65 Å². The van der Waals surface area contributed by atoms with Gasteiger partial charge in [0.2, 0.25) is 17.7 Å². The highest BCUT2D eigenvalue weighted by atomic mass is 19.3. The maximum absolute atomic E-state index is 14.2. The molecule has 1 saturated carbocycles. The second kappa shape index (κ2) is 19.1. The van der Waals surface area contributed by atoms with E-state index in [0.717, 1.165) is 42.7 Å². The summed E-state index contributed by atoms with van der Waals surface area (Å²) in [6, 6.07) is 9.38. The number of nitrogens with one attached hydrogen (secondary N) is 4. The number of halogens is 2. The van der Waals surface area contributed by atoms with E-state index in [0.29, 0.717) is 81.4 Å². The number of anilines is 3. The molecule has 7 heterocycles. The third-order valence-electron chi connectivity index (χ3n) is 12.3. The molecule has 5 amide bonds. The summed E-state index contributed by atoms with van der Waals surface area (Å²) in [5, 5.41) is 20.0. The van der Waals surface area contributed by atoms with Crippen LogP contribution in [0.1, 0.15) is 99.7 Å². The molecule has 0 spiro atoms. The van der Waals surface area contributed by atoms with Gasteiger partial charge in [0.1, 0.15) is 17.4 Å². The van der Waals surface area contributed by atoms with Crippen LogP contribution < -0.4 is 30.9 Å². The first-order chi connectivity index (χ1) is 31.6. The maximum atomic E-state index is 14.2. The molecule has 19 nitrogen and oxygen atoms in total. The normalized spacial score (nSPS) is 20.1. The van der Waals surface area contributed by atoms with Gasteiger partial charge in [-0.05, 0) is 74.8 Å². The number of aromatic nitrogens is 6. The van der Waals surface area contributed by atoms with Crippen molar-refractivity contribution in [3.63, 3.8) is 0 Å². The first kappa shape index (κ1) is 43.4. The third kappa shape index (κ3) is 9.37. The Kier molecular flexibility index (Phi) is 12.7. The lowest BCUT2D eigenvalue weighted by Crippen LogP contribution is -2.54. The second-order valence-electron chi connectivity index (χ2n) is 16.5. The predicted octanol–water partition coefficient (Wildman–Crippen LogP) is 4.15. The third-order valence-corrected chi connectivity index (χ3v) is 12.3. The van der Waals surface area contributed by atoms with Crippen LogP contribution in [0.15, 0.2) is 61.2 Å². The number of carbonyl (C=O) groups is 5. The molecule has 65 heavy (non-hydrogen) atoms. The minimum Gasteiger partial charge on any atom is -0.478 e. The highest BCUT2D eigenvalue weighted by Gasteiger charge is 2.45. The molecule has 0 radical (unpaired) electrons. The highest BCUT2D eigenvalue weighted by molar-refractivity contribution is 6.25. The van der Waals surface area contributed by atoms with Crippen molar-refractivity contribution < 1.29 is 42.2 Å². The van der Waals surface area contributed by atoms with Crippen LogP contribution in [0.2, 0.25) is 0 Å². The first-order valence-electron chi connectivity index (χ1n) is 21.8. The molecule has 9 rings (SSSR count). The van der Waals surface area contributed by atoms with Gasteiger partial charge in [0.15, 0.2) is 11.3 Å². The summed E-state index contributed by atoms with van der Waals surface area (Å²) in [5.74, 6) is -1.26. The number of ether oxygens (including phenoxy) is 2. The van der Waals surface area contributed by atoms with Gasteiger partial charge in [-0.15, -0.1) is 0 Å². The molecule has 2 saturated heterocycles. The summed E-state index contributed by atoms with van der Waals surface area (Å²) >= 11 is 0. The van der Waals surface area contributed by atoms with E-state index >= 15 is 0 Å². The maximum Gasteiger partial charge on any atom is 0.284 e. The molecule has 4 N–H and O–H groups in total. The minimum atomic E-state index is -2.88. The number of morpholine rings is 1. The lowest BCUT2D eigenvalue weighted by molar-refractivity contribution is -0.136. The molecular weight excluding hydrogens is 847 g/mol. The van der Waals surface area contributed by atoms with Gasteiger partial charge < -0.3 is 30.3 Å². The number of carbonyl (C=O) groups excluding carboxylic acids is 5. The van der Waals surface area contributed by atoms with E-state index in [1.807, 2.05) is 12.1 Å². The Hall–Kier alpha value is -6.87. The standard InChI is InChI=1S/C44H48F2N12O7/c45-39(46)38-32(51-41(60)30-24-50-56-15-13-34(52-40(30)56)55-16-19-64-20-17-55)25-57(54-38)28-8-5-26(6-9-28)21-47-22-27-7-12-36(49-23-27)65-18-2-14-48-31-4-1-3-29-37(31)44(63)58(43(29)62)33-10-11-35(59)53-42(33)61/h1,3-4,7,12-13,15,23-26,28,33,39,47-48H,2,5-6,8-11,14,16-22H2,(H,51,60)(H,53,59,61)/t26-,28-,33?. The number of pyridine rings is 1. The van der Waals surface area contributed by atoms with E-state index in [1.165, 1.54) is 16.9 Å². The summed E-state index contributed by atoms with van der Waals surface area (Å²) in [5.41, 5.74) is 1.86. The number of fused-ring (bicyclic) bond motifs is 2. The van der Waals surface area contributed by atoms with Crippen LogP contribution >= 0.6 is 0 Å². The smallest absolute Gasteiger partial charge is 0.284 e. The SMILES string of the molecule is O=C1CCC(N2C(=O)c3cccc(NCCCOc4ccc(CNC[C@H]5CC[C@H](n6cc(NC(=O)c7cnn8ccc(N9CCOCC9)nc78)c(C(F)F)n6)CC5)cn4)c3C2=O)C(=O)N1. The lowest BCUT2D eigenvalue weighted by Gasteiger charge is -2.29. The van der Waals surface area contributed by atoms with Crippen LogP contribution in [-0.4, -0.2) is 116 Å². The molecule has 4 aliphatic rings. The van der Waals surface area contributed by atoms with Crippen LogP contribution in [0.5, 0.6) is 5.88 Å². The van der Waals surface area contributed by atoms with Crippen molar-refractivity contribution in [2.75, 3.05) is 61.5 Å². The Balaban J connectivity index is 0.699. The van der Waals surface area contributed by atoms with Gasteiger partial charge in [-0.1, -0.05) is 12.1 Å². The molecule has 4 aromatic heterocycles. The van der Waals surface area contributed by atoms with Crippen LogP contribution in [0.3, 0.4) is 0 Å². The zero-order chi connectivity index (χ0) is 45.0. The molecule has 1 aromatic carbocycles. The summed E-state index contributed by atoms with van der Waals surface area (Å²) in [6.45, 7) is 4.66. The predicted molar refractivity (Wildman–Crippen MR) is 230 cm³/mol. The fourth-order valence-electron chi connectivity index (χ4n) is 8.80. The van der Waals surface area contributed by atoms with Gasteiger partial charge in [-0.2, -0.15) is 10.2 Å². The van der Waals surface area contributed by atoms with Crippen LogP contribution in [-0.2, 0) is 20.9 Å². The molecule has 3 fully saturated rings. The van der Waals surface area contributed by atoms with Gasteiger partial charge in [-0.25, -0.2) is 23.3 Å². The fraction of sp³-hybridized carbons (Fsp3) is 0.432. The van der Waals surface area contributed by atoms with Crippen LogP contribution in [0.4, 0.5) is 26.0 Å². The Morgan fingerprint density at radius 2 is 1.80 bits per heavy atom. The van der Waals surface area contributed by atoms with E-state index in [1.54, 1.807) is 41.3 Å². The largest absolute Gasteiger partial charge is 0.478 e. The van der Waals surface area contributed by atoms with Crippen LogP contribution in [0, 0.1) is 5.92 Å². The molecule has 1 atom stereocenters. The van der Waals surface area contributed by atoms with Crippen molar-refractivity contribution in [2.45, 2.75) is 70.0 Å². The highest BCUT2D eigenvalue weighted by Crippen LogP contribution is 2.36. The molecule has 1 unspecified atom stereocenters. The van der Waals surface area contributed by atoms with Crippen molar-refractivity contribution in [2.24, 2.45) is 5.92 Å². The molecule has 3 aliphatic heterocycles. The number of alkyl halides is 2. The molecular formula is C44H48F2N12O7. The topological polar surface area (TPSA) is 219 Å². The number of piperidine rings is 1. The zero-order valence-corrected chi connectivity index (χ0v) is 35.4. The van der Waals surface area contributed by atoms with Gasteiger partial charge in [0.25, 0.3) is 24.1 Å². The van der Waals surface area contributed by atoms with E-state index in [9.17, 15) is 32.8 Å². The number of hydrogen-bond donors (Lipinski definition) is 4. The minimum absolute atomic E-state index is 0.0356. The van der Waals surface area contributed by atoms with E-state index in [4.69, 9.17) is 9.47 Å². The molecule has 5 aromatic rings.